The topological polar surface area (TPSA) is 0 Å². The first-order valence-electron chi connectivity index (χ1n) is 14.6. The van der Waals surface area contributed by atoms with Crippen LogP contribution in [0, 0.1) is 27.3 Å². The molecule has 0 saturated carbocycles. The zero-order valence-electron chi connectivity index (χ0n) is 28.1. The summed E-state index contributed by atoms with van der Waals surface area (Å²) in [6.45, 7) is 22.5. The summed E-state index contributed by atoms with van der Waals surface area (Å²) in [5.74, 6) is 2.42. The molecule has 0 fully saturated rings. The molecule has 0 aliphatic heterocycles. The third-order valence-corrected chi connectivity index (χ3v) is 7.23. The minimum absolute atomic E-state index is 0. The molecule has 0 aliphatic rings. The third kappa shape index (κ3) is 12.7. The van der Waals surface area contributed by atoms with Crippen LogP contribution in [-0.2, 0) is 19.2 Å². The molecule has 2 radical (unpaired) electrons. The van der Waals surface area contributed by atoms with Crippen molar-refractivity contribution in [3.63, 3.8) is 0 Å². The van der Waals surface area contributed by atoms with Gasteiger partial charge in [-0.3, -0.25) is 0 Å². The van der Waals surface area contributed by atoms with E-state index in [-0.39, 0.29) is 32.2 Å². The van der Waals surface area contributed by atoms with Crippen LogP contribution in [0.1, 0.15) is 112 Å². The number of aryl methyl sites for hydroxylation is 2. The van der Waals surface area contributed by atoms with Gasteiger partial charge >= 0.3 is 26.8 Å². The number of halogens is 2. The summed E-state index contributed by atoms with van der Waals surface area (Å²) in [6.07, 6.45) is 0. The van der Waals surface area contributed by atoms with E-state index < -0.39 is 0 Å². The Morgan fingerprint density at radius 3 is 1.14 bits per heavy atom. The minimum Gasteiger partial charge on any atom is -0.184 e. The van der Waals surface area contributed by atoms with Crippen molar-refractivity contribution >= 4 is 54.0 Å². The van der Waals surface area contributed by atoms with E-state index in [4.69, 9.17) is 0 Å². The zero-order chi connectivity index (χ0) is 30.0. The van der Waals surface area contributed by atoms with Crippen molar-refractivity contribution in [1.29, 1.82) is 0 Å². The maximum absolute atomic E-state index is 2.97. The monoisotopic (exact) mass is 666 g/mol. The maximum Gasteiger partial charge on any atom is -0.171 e. The average Bonchev–Trinajstić information content (AvgIpc) is 3.50. The number of fused-ring (bicyclic) bond motifs is 2. The second-order valence-corrected chi connectivity index (χ2v) is 12.0. The van der Waals surface area contributed by atoms with Crippen LogP contribution in [-0.4, -0.2) is 7.63 Å². The predicted molar refractivity (Wildman–Crippen MR) is 197 cm³/mol. The fourth-order valence-electron chi connectivity index (χ4n) is 5.01. The molecule has 0 nitrogen and oxygen atoms in total. The normalized spacial score (nSPS) is 10.1. The van der Waals surface area contributed by atoms with Gasteiger partial charge in [-0.05, 0) is 23.7 Å². The van der Waals surface area contributed by atoms with Gasteiger partial charge < -0.3 is 7.43 Å². The van der Waals surface area contributed by atoms with Gasteiger partial charge in [-0.2, -0.15) is 48.5 Å². The molecule has 0 aromatic heterocycles. The van der Waals surface area contributed by atoms with Crippen LogP contribution in [0.2, 0.25) is 0 Å². The van der Waals surface area contributed by atoms with Crippen LogP contribution >= 0.6 is 24.8 Å². The number of hydrogen-bond acceptors (Lipinski definition) is 0. The Morgan fingerprint density at radius 2 is 0.907 bits per heavy atom. The summed E-state index contributed by atoms with van der Waals surface area (Å²) < 4.78 is 0. The van der Waals surface area contributed by atoms with E-state index >= 15 is 0 Å². The molecule has 0 bridgehead atoms. The summed E-state index contributed by atoms with van der Waals surface area (Å²) in [4.78, 5) is 0. The molecular formula is C39H52Cl2SiTi-4. The summed E-state index contributed by atoms with van der Waals surface area (Å²) >= 11 is 1.81. The molecule has 0 N–H and O–H groups in total. The molecule has 0 unspecified atom stereocenters. The van der Waals surface area contributed by atoms with Crippen LogP contribution in [0.3, 0.4) is 0 Å². The van der Waals surface area contributed by atoms with Gasteiger partial charge in [0, 0.05) is 0 Å². The van der Waals surface area contributed by atoms with Crippen LogP contribution < -0.4 is 0 Å². The van der Waals surface area contributed by atoms with E-state index in [2.05, 4.69) is 131 Å². The maximum atomic E-state index is 2.97. The van der Waals surface area contributed by atoms with E-state index in [0.29, 0.717) is 23.7 Å². The Balaban J connectivity index is 0. The van der Waals surface area contributed by atoms with Crippen molar-refractivity contribution < 1.29 is 19.2 Å². The van der Waals surface area contributed by atoms with Gasteiger partial charge in [0.05, 0.1) is 0 Å². The molecule has 234 valence electrons. The smallest absolute Gasteiger partial charge is 0.171 e. The molecule has 43 heavy (non-hydrogen) atoms. The van der Waals surface area contributed by atoms with Gasteiger partial charge in [0.1, 0.15) is 0 Å². The molecule has 0 heterocycles. The molecule has 4 heteroatoms. The van der Waals surface area contributed by atoms with Gasteiger partial charge in [-0.15, -0.1) is 81.8 Å². The standard InChI is InChI=1S/2C16H21.C6H5.CH3.2ClH.Si.Ti/c2*1-10(2)13-8-14-6-12(5)7-16(14)15(9-13)11(3)4;1-2-4-6-5-3-1;;;;;/h2*6-11H,1-5H3;1-5H;1H3;2*1H;;/q4*-1;;;;. The van der Waals surface area contributed by atoms with Crippen molar-refractivity contribution in [3.05, 3.63) is 126 Å². The first kappa shape index (κ1) is 43.5. The Morgan fingerprint density at radius 1 is 0.558 bits per heavy atom. The zero-order valence-corrected chi connectivity index (χ0v) is 32.3. The third-order valence-electron chi connectivity index (χ3n) is 7.23. The molecule has 0 atom stereocenters. The molecule has 5 rings (SSSR count). The van der Waals surface area contributed by atoms with Gasteiger partial charge in [-0.1, -0.05) is 104 Å². The largest absolute Gasteiger partial charge is 0.184 e. The summed E-state index contributed by atoms with van der Waals surface area (Å²) in [6, 6.07) is 31.2. The Labute approximate surface area is 290 Å². The number of rotatable bonds is 4. The summed E-state index contributed by atoms with van der Waals surface area (Å²) in [7, 11) is 2.97. The molecule has 5 aromatic rings. The van der Waals surface area contributed by atoms with E-state index in [1.54, 1.807) is 19.2 Å². The van der Waals surface area contributed by atoms with Gasteiger partial charge in [-0.25, -0.2) is 0 Å². The SMILES string of the molecule is Cc1cc2c(C(C)C)cc(C(C)C)cc2[cH-]1.Cc1cc2c(C(C)C)cc(C(C)C)cc2[cH-]1.Cl.Cl.[CH3-].[Si]=[Ti].[c-]1ccccc1. The van der Waals surface area contributed by atoms with Gasteiger partial charge in [0.15, 0.2) is 0 Å². The van der Waals surface area contributed by atoms with Crippen LogP contribution in [0.4, 0.5) is 0 Å². The molecule has 0 aliphatic carbocycles. The predicted octanol–water partition coefficient (Wildman–Crippen LogP) is 12.6. The van der Waals surface area contributed by atoms with Gasteiger partial charge in [0.25, 0.3) is 0 Å². The quantitative estimate of drug-likeness (QED) is 0.132. The molecule has 0 saturated heterocycles. The first-order chi connectivity index (χ1) is 19.0. The molecule has 5 aromatic carbocycles. The van der Waals surface area contributed by atoms with Crippen molar-refractivity contribution in [2.75, 3.05) is 0 Å². The van der Waals surface area contributed by atoms with Crippen molar-refractivity contribution in [3.8, 4) is 0 Å². The van der Waals surface area contributed by atoms with Crippen LogP contribution in [0.15, 0.2) is 78.9 Å². The van der Waals surface area contributed by atoms with E-state index in [1.165, 1.54) is 54.9 Å². The molecule has 0 amide bonds. The van der Waals surface area contributed by atoms with Crippen LogP contribution in [0.25, 0.3) is 21.5 Å². The first-order valence-corrected chi connectivity index (χ1v) is 17.4. The second kappa shape index (κ2) is 21.2. The number of benzene rings is 3. The van der Waals surface area contributed by atoms with E-state index in [9.17, 15) is 0 Å². The van der Waals surface area contributed by atoms with E-state index in [1.807, 2.05) is 30.3 Å². The fourth-order valence-corrected chi connectivity index (χ4v) is 5.01. The minimum atomic E-state index is 0. The molecule has 0 spiro atoms. The Kier molecular flexibility index (Phi) is 21.4. The van der Waals surface area contributed by atoms with Crippen molar-refractivity contribution in [2.24, 2.45) is 0 Å². The van der Waals surface area contributed by atoms with Gasteiger partial charge in [0.2, 0.25) is 0 Å². The Hall–Kier alpha value is -1.61. The second-order valence-electron chi connectivity index (χ2n) is 12.0. The fraction of sp³-hybridized carbons (Fsp3) is 0.359. The van der Waals surface area contributed by atoms with Crippen molar-refractivity contribution in [2.45, 2.75) is 92.9 Å². The van der Waals surface area contributed by atoms with Crippen molar-refractivity contribution in [1.82, 2.24) is 0 Å². The summed E-state index contributed by atoms with van der Waals surface area (Å²) in [5.41, 5.74) is 8.66. The summed E-state index contributed by atoms with van der Waals surface area (Å²) in [5, 5.41) is 5.70. The van der Waals surface area contributed by atoms with E-state index in [0.717, 1.165) is 0 Å². The molecular weight excluding hydrogens is 615 g/mol. The number of hydrogen-bond donors (Lipinski definition) is 0. The average molecular weight is 668 g/mol. The van der Waals surface area contributed by atoms with Crippen LogP contribution in [0.5, 0.6) is 0 Å². The Bertz CT molecular complexity index is 1340.